The van der Waals surface area contributed by atoms with E-state index in [1.807, 2.05) is 24.5 Å². The summed E-state index contributed by atoms with van der Waals surface area (Å²) in [5.74, 6) is 0. The van der Waals surface area contributed by atoms with Crippen LogP contribution in [-0.2, 0) is 0 Å². The van der Waals surface area contributed by atoms with Crippen LogP contribution in [0.15, 0.2) is 82.8 Å². The number of rotatable bonds is 10. The predicted molar refractivity (Wildman–Crippen MR) is 140 cm³/mol. The quantitative estimate of drug-likeness (QED) is 0.184. The summed E-state index contributed by atoms with van der Waals surface area (Å²) in [4.78, 5) is 12.3. The average Bonchev–Trinajstić information content (AvgIpc) is 2.82. The van der Waals surface area contributed by atoms with E-state index in [4.69, 9.17) is 9.97 Å². The Morgan fingerprint density at radius 1 is 0.645 bits per heavy atom. The van der Waals surface area contributed by atoms with Gasteiger partial charge in [-0.05, 0) is 0 Å². The molecular formula is C26H30N2S2Sn. The first-order valence-electron chi connectivity index (χ1n) is 11.3. The van der Waals surface area contributed by atoms with Crippen LogP contribution in [0.1, 0.15) is 39.5 Å². The number of nitrogens with zero attached hydrogens (tertiary/aromatic N) is 2. The topological polar surface area (TPSA) is 25.8 Å². The molecule has 0 aliphatic rings. The summed E-state index contributed by atoms with van der Waals surface area (Å²) in [6.07, 6.45) is 9.01. The van der Waals surface area contributed by atoms with Crippen molar-refractivity contribution in [2.45, 2.75) is 58.2 Å². The van der Waals surface area contributed by atoms with Crippen molar-refractivity contribution in [3.63, 3.8) is 0 Å². The van der Waals surface area contributed by atoms with Crippen LogP contribution in [-0.4, -0.2) is 25.6 Å². The van der Waals surface area contributed by atoms with Crippen molar-refractivity contribution in [2.24, 2.45) is 0 Å². The third kappa shape index (κ3) is 5.58. The monoisotopic (exact) mass is 554 g/mol. The average molecular weight is 553 g/mol. The summed E-state index contributed by atoms with van der Waals surface area (Å²) in [5, 5.41) is 2.49. The van der Waals surface area contributed by atoms with Gasteiger partial charge in [-0.25, -0.2) is 0 Å². The van der Waals surface area contributed by atoms with Crippen LogP contribution in [0.2, 0.25) is 8.87 Å². The summed E-state index contributed by atoms with van der Waals surface area (Å²) in [5.41, 5.74) is 2.33. The van der Waals surface area contributed by atoms with Gasteiger partial charge >= 0.3 is 197 Å². The second-order valence-electron chi connectivity index (χ2n) is 7.98. The Balaban J connectivity index is 1.78. The van der Waals surface area contributed by atoms with E-state index >= 15 is 0 Å². The van der Waals surface area contributed by atoms with Crippen molar-refractivity contribution in [3.8, 4) is 0 Å². The molecule has 0 bridgehead atoms. The van der Waals surface area contributed by atoms with Gasteiger partial charge in [-0.3, -0.25) is 0 Å². The van der Waals surface area contributed by atoms with Gasteiger partial charge in [0.25, 0.3) is 0 Å². The number of para-hydroxylation sites is 2. The minimum atomic E-state index is -2.75. The molecule has 0 atom stereocenters. The summed E-state index contributed by atoms with van der Waals surface area (Å²) in [6, 6.07) is 21.8. The molecule has 4 aromatic rings. The molecular weight excluding hydrogens is 523 g/mol. The maximum absolute atomic E-state index is 4.77. The summed E-state index contributed by atoms with van der Waals surface area (Å²) < 4.78 is 2.76. The van der Waals surface area contributed by atoms with Gasteiger partial charge < -0.3 is 0 Å². The molecule has 0 saturated heterocycles. The molecule has 2 aromatic heterocycles. The predicted octanol–water partition coefficient (Wildman–Crippen LogP) is 8.71. The molecule has 0 radical (unpaired) electrons. The fraction of sp³-hybridized carbons (Fsp3) is 0.308. The van der Waals surface area contributed by atoms with Gasteiger partial charge in [0.1, 0.15) is 0 Å². The molecule has 0 spiro atoms. The van der Waals surface area contributed by atoms with Gasteiger partial charge in [-0.2, -0.15) is 0 Å². The standard InChI is InChI=1S/2C9H7NS.2C4H9.Sn/c2*11-8-5-1-3-7-4-2-6-10-9(7)8;2*1-3-4-2;/h2*1-6,11H;2*1,3-4H2,2H3;/q;;;;+2/p-2. The Bertz CT molecular complexity index is 1050. The van der Waals surface area contributed by atoms with Crippen LogP contribution in [0.5, 0.6) is 0 Å². The number of hydrogen-bond donors (Lipinski definition) is 0. The van der Waals surface area contributed by atoms with Crippen LogP contribution >= 0.6 is 17.9 Å². The molecule has 0 N–H and O–H groups in total. The second-order valence-corrected chi connectivity index (χ2v) is 33.0. The number of unbranched alkanes of at least 4 members (excludes halogenated alkanes) is 2. The molecule has 2 nitrogen and oxygen atoms in total. The molecule has 0 unspecified atom stereocenters. The van der Waals surface area contributed by atoms with Gasteiger partial charge in [0.2, 0.25) is 0 Å². The summed E-state index contributed by atoms with van der Waals surface area (Å²) >= 11 is -2.75. The van der Waals surface area contributed by atoms with E-state index in [0.29, 0.717) is 0 Å². The summed E-state index contributed by atoms with van der Waals surface area (Å²) in [6.45, 7) is 4.65. The van der Waals surface area contributed by atoms with Crippen LogP contribution in [0.4, 0.5) is 0 Å². The number of benzene rings is 2. The van der Waals surface area contributed by atoms with Crippen molar-refractivity contribution in [1.82, 2.24) is 9.97 Å². The molecule has 0 aliphatic heterocycles. The SMILES string of the molecule is CCC[CH2][Sn]([CH2]CCC)([S]c1cccc2cccnc12)[S]c1cccc2cccnc12. The molecule has 31 heavy (non-hydrogen) atoms. The van der Waals surface area contributed by atoms with E-state index in [0.717, 1.165) is 0 Å². The molecule has 0 fully saturated rings. The third-order valence-corrected chi connectivity index (χ3v) is 32.8. The second kappa shape index (κ2) is 11.1. The zero-order chi connectivity index (χ0) is 21.5. The zero-order valence-corrected chi connectivity index (χ0v) is 22.9. The molecule has 0 saturated carbocycles. The fourth-order valence-electron chi connectivity index (χ4n) is 3.96. The first-order chi connectivity index (χ1) is 15.2. The van der Waals surface area contributed by atoms with Gasteiger partial charge in [-0.15, -0.1) is 0 Å². The van der Waals surface area contributed by atoms with Crippen molar-refractivity contribution in [1.29, 1.82) is 0 Å². The van der Waals surface area contributed by atoms with E-state index in [2.05, 4.69) is 80.3 Å². The van der Waals surface area contributed by atoms with Crippen molar-refractivity contribution < 1.29 is 0 Å². The molecule has 2 aromatic carbocycles. The third-order valence-electron chi connectivity index (χ3n) is 5.61. The maximum atomic E-state index is 4.77. The van der Waals surface area contributed by atoms with E-state index in [1.165, 1.54) is 66.2 Å². The first-order valence-corrected chi connectivity index (χ1v) is 24.0. The van der Waals surface area contributed by atoms with Crippen LogP contribution in [0.25, 0.3) is 21.8 Å². The van der Waals surface area contributed by atoms with Gasteiger partial charge in [-0.1, -0.05) is 0 Å². The number of fused-ring (bicyclic) bond motifs is 2. The van der Waals surface area contributed by atoms with E-state index in [9.17, 15) is 0 Å². The zero-order valence-electron chi connectivity index (χ0n) is 18.4. The van der Waals surface area contributed by atoms with Crippen LogP contribution in [0, 0.1) is 0 Å². The Labute approximate surface area is 195 Å². The molecule has 2 heterocycles. The number of hydrogen-bond acceptors (Lipinski definition) is 4. The summed E-state index contributed by atoms with van der Waals surface area (Å²) in [7, 11) is 4.46. The number of aromatic nitrogens is 2. The van der Waals surface area contributed by atoms with Crippen LogP contribution in [0.3, 0.4) is 0 Å². The van der Waals surface area contributed by atoms with Crippen molar-refractivity contribution in [3.05, 3.63) is 73.1 Å². The molecule has 5 heteroatoms. The Morgan fingerprint density at radius 2 is 1.10 bits per heavy atom. The number of pyridine rings is 2. The van der Waals surface area contributed by atoms with Crippen molar-refractivity contribution in [2.75, 3.05) is 0 Å². The molecule has 0 amide bonds. The Morgan fingerprint density at radius 3 is 1.55 bits per heavy atom. The Kier molecular flexibility index (Phi) is 8.18. The van der Waals surface area contributed by atoms with E-state index in [-0.39, 0.29) is 0 Å². The van der Waals surface area contributed by atoms with Gasteiger partial charge in [0.05, 0.1) is 0 Å². The molecule has 0 aliphatic carbocycles. The van der Waals surface area contributed by atoms with E-state index in [1.54, 1.807) is 0 Å². The van der Waals surface area contributed by atoms with Crippen LogP contribution < -0.4 is 0 Å². The van der Waals surface area contributed by atoms with Gasteiger partial charge in [0.15, 0.2) is 0 Å². The van der Waals surface area contributed by atoms with E-state index < -0.39 is 15.6 Å². The molecule has 4 rings (SSSR count). The first kappa shape index (κ1) is 22.9. The fourth-order valence-corrected chi connectivity index (χ4v) is 33.7. The Hall–Kier alpha value is -1.24. The minimum absolute atomic E-state index is 1.17. The molecule has 160 valence electrons. The van der Waals surface area contributed by atoms with Gasteiger partial charge in [0, 0.05) is 0 Å². The van der Waals surface area contributed by atoms with Crippen molar-refractivity contribution >= 4 is 55.3 Å². The normalized spacial score (nSPS) is 11.9.